The number of carbonyl (C=O) groups excluding carboxylic acids is 1. The molecule has 0 unspecified atom stereocenters. The zero-order valence-corrected chi connectivity index (χ0v) is 12.2. The van der Waals surface area contributed by atoms with Crippen LogP contribution in [0.2, 0.25) is 5.22 Å². The van der Waals surface area contributed by atoms with Gasteiger partial charge in [-0.1, -0.05) is 42.5 Å². The maximum Gasteiger partial charge on any atom is 0.287 e. The van der Waals surface area contributed by atoms with Gasteiger partial charge in [0, 0.05) is 0 Å². The average molecular weight is 300 g/mol. The first-order chi connectivity index (χ1) is 10.1. The minimum atomic E-state index is -0.276. The number of carbonyl (C=O) groups is 1. The van der Waals surface area contributed by atoms with Crippen molar-refractivity contribution in [3.05, 3.63) is 71.1 Å². The fourth-order valence-corrected chi connectivity index (χ4v) is 2.56. The Hall–Kier alpha value is -2.26. The molecule has 3 aromatic rings. The smallest absolute Gasteiger partial charge is 0.287 e. The number of fused-ring (bicyclic) bond motifs is 1. The van der Waals surface area contributed by atoms with Gasteiger partial charge in [0.25, 0.3) is 5.91 Å². The van der Waals surface area contributed by atoms with E-state index in [-0.39, 0.29) is 22.9 Å². The lowest BCUT2D eigenvalue weighted by molar-refractivity contribution is 0.0912. The predicted molar refractivity (Wildman–Crippen MR) is 83.5 cm³/mol. The van der Waals surface area contributed by atoms with E-state index in [2.05, 4.69) is 23.5 Å². The lowest BCUT2D eigenvalue weighted by Crippen LogP contribution is -2.26. The quantitative estimate of drug-likeness (QED) is 0.769. The van der Waals surface area contributed by atoms with Crippen LogP contribution in [0.3, 0.4) is 0 Å². The Bertz CT molecular complexity index is 789. The third-order valence-electron chi connectivity index (χ3n) is 3.43. The first-order valence-electron chi connectivity index (χ1n) is 6.69. The number of benzene rings is 2. The standard InChI is InChI=1S/C17H14ClNO2/c1-11(19-17(20)15-9-10-16(18)21-15)13-8-4-6-12-5-2-3-7-14(12)13/h2-11H,1H3,(H,19,20)/t11-/m1/s1. The molecule has 2 aromatic carbocycles. The van der Waals surface area contributed by atoms with E-state index in [1.807, 2.05) is 31.2 Å². The maximum absolute atomic E-state index is 12.1. The highest BCUT2D eigenvalue weighted by molar-refractivity contribution is 6.29. The third-order valence-corrected chi connectivity index (χ3v) is 3.64. The van der Waals surface area contributed by atoms with Crippen LogP contribution in [0, 0.1) is 0 Å². The molecule has 4 heteroatoms. The molecule has 0 spiro atoms. The molecule has 0 saturated carbocycles. The molecule has 1 heterocycles. The normalized spacial score (nSPS) is 12.3. The molecule has 0 radical (unpaired) electrons. The topological polar surface area (TPSA) is 42.2 Å². The van der Waals surface area contributed by atoms with Gasteiger partial charge in [0.2, 0.25) is 0 Å². The molecule has 3 nitrogen and oxygen atoms in total. The van der Waals surface area contributed by atoms with E-state index in [1.54, 1.807) is 12.1 Å². The maximum atomic E-state index is 12.1. The molecule has 0 aliphatic heterocycles. The number of furan rings is 1. The van der Waals surface area contributed by atoms with Crippen molar-refractivity contribution in [1.29, 1.82) is 0 Å². The van der Waals surface area contributed by atoms with Gasteiger partial charge in [-0.15, -0.1) is 0 Å². The summed E-state index contributed by atoms with van der Waals surface area (Å²) in [7, 11) is 0. The third kappa shape index (κ3) is 2.78. The largest absolute Gasteiger partial charge is 0.440 e. The zero-order chi connectivity index (χ0) is 14.8. The summed E-state index contributed by atoms with van der Waals surface area (Å²) < 4.78 is 5.12. The van der Waals surface area contributed by atoms with Gasteiger partial charge in [-0.25, -0.2) is 0 Å². The molecule has 0 bridgehead atoms. The Morgan fingerprint density at radius 1 is 1.10 bits per heavy atom. The van der Waals surface area contributed by atoms with E-state index in [0.29, 0.717) is 0 Å². The summed E-state index contributed by atoms with van der Waals surface area (Å²) >= 11 is 5.69. The van der Waals surface area contributed by atoms with E-state index < -0.39 is 0 Å². The molecule has 1 amide bonds. The van der Waals surface area contributed by atoms with Crippen molar-refractivity contribution in [3.8, 4) is 0 Å². The Balaban J connectivity index is 1.87. The lowest BCUT2D eigenvalue weighted by Gasteiger charge is -2.15. The first-order valence-corrected chi connectivity index (χ1v) is 7.07. The molecule has 0 saturated heterocycles. The van der Waals surface area contributed by atoms with Gasteiger partial charge in [0.05, 0.1) is 6.04 Å². The lowest BCUT2D eigenvalue weighted by atomic mass is 9.99. The van der Waals surface area contributed by atoms with Crippen LogP contribution < -0.4 is 5.32 Å². The fraction of sp³-hybridized carbons (Fsp3) is 0.118. The number of halogens is 1. The number of nitrogens with one attached hydrogen (secondary N) is 1. The highest BCUT2D eigenvalue weighted by atomic mass is 35.5. The van der Waals surface area contributed by atoms with Crippen LogP contribution >= 0.6 is 11.6 Å². The Kier molecular flexibility index (Phi) is 3.67. The summed E-state index contributed by atoms with van der Waals surface area (Å²) in [6.07, 6.45) is 0. The van der Waals surface area contributed by atoms with Crippen molar-refractivity contribution >= 4 is 28.3 Å². The summed E-state index contributed by atoms with van der Waals surface area (Å²) in [5.74, 6) is -0.0607. The molecule has 21 heavy (non-hydrogen) atoms. The van der Waals surface area contributed by atoms with Crippen LogP contribution in [0.1, 0.15) is 29.1 Å². The van der Waals surface area contributed by atoms with Gasteiger partial charge in [0.15, 0.2) is 11.0 Å². The van der Waals surface area contributed by atoms with Gasteiger partial charge < -0.3 is 9.73 Å². The summed E-state index contributed by atoms with van der Waals surface area (Å²) in [5, 5.41) is 5.41. The average Bonchev–Trinajstić information content (AvgIpc) is 2.93. The highest BCUT2D eigenvalue weighted by Crippen LogP contribution is 2.24. The van der Waals surface area contributed by atoms with Crippen LogP contribution in [0.4, 0.5) is 0 Å². The Morgan fingerprint density at radius 2 is 1.86 bits per heavy atom. The highest BCUT2D eigenvalue weighted by Gasteiger charge is 2.16. The monoisotopic (exact) mass is 299 g/mol. The van der Waals surface area contributed by atoms with Gasteiger partial charge in [-0.2, -0.15) is 0 Å². The number of amides is 1. The van der Waals surface area contributed by atoms with Crippen molar-refractivity contribution in [2.45, 2.75) is 13.0 Å². The van der Waals surface area contributed by atoms with Gasteiger partial charge >= 0.3 is 0 Å². The molecule has 0 aliphatic rings. The zero-order valence-electron chi connectivity index (χ0n) is 11.5. The molecule has 0 fully saturated rings. The van der Waals surface area contributed by atoms with E-state index in [4.69, 9.17) is 16.0 Å². The van der Waals surface area contributed by atoms with Crippen molar-refractivity contribution in [1.82, 2.24) is 5.32 Å². The van der Waals surface area contributed by atoms with Crippen molar-refractivity contribution < 1.29 is 9.21 Å². The van der Waals surface area contributed by atoms with Crippen LogP contribution in [-0.4, -0.2) is 5.91 Å². The second-order valence-electron chi connectivity index (χ2n) is 4.87. The van der Waals surface area contributed by atoms with E-state index in [0.717, 1.165) is 16.3 Å². The molecule has 1 N–H and O–H groups in total. The van der Waals surface area contributed by atoms with E-state index in [1.165, 1.54) is 0 Å². The van der Waals surface area contributed by atoms with Crippen molar-refractivity contribution in [2.75, 3.05) is 0 Å². The second-order valence-corrected chi connectivity index (χ2v) is 5.24. The van der Waals surface area contributed by atoms with E-state index in [9.17, 15) is 4.79 Å². The summed E-state index contributed by atoms with van der Waals surface area (Å²) in [6, 6.07) is 17.1. The second kappa shape index (κ2) is 5.62. The van der Waals surface area contributed by atoms with Crippen LogP contribution in [-0.2, 0) is 0 Å². The summed E-state index contributed by atoms with van der Waals surface area (Å²) in [4.78, 5) is 12.1. The predicted octanol–water partition coefficient (Wildman–Crippen LogP) is 4.58. The van der Waals surface area contributed by atoms with Crippen molar-refractivity contribution in [3.63, 3.8) is 0 Å². The minimum Gasteiger partial charge on any atom is -0.440 e. The van der Waals surface area contributed by atoms with E-state index >= 15 is 0 Å². The molecule has 3 rings (SSSR count). The first kappa shape index (κ1) is 13.7. The van der Waals surface area contributed by atoms with Crippen LogP contribution in [0.5, 0.6) is 0 Å². The molecule has 1 atom stereocenters. The molecular weight excluding hydrogens is 286 g/mol. The van der Waals surface area contributed by atoms with Crippen LogP contribution in [0.15, 0.2) is 59.0 Å². The Labute approximate surface area is 127 Å². The summed E-state index contributed by atoms with van der Waals surface area (Å²) in [5.41, 5.74) is 1.07. The molecule has 1 aromatic heterocycles. The molecule has 0 aliphatic carbocycles. The SMILES string of the molecule is C[C@@H](NC(=O)c1ccc(Cl)o1)c1cccc2ccccc12. The fourth-order valence-electron chi connectivity index (χ4n) is 2.41. The number of hydrogen-bond donors (Lipinski definition) is 1. The number of rotatable bonds is 3. The van der Waals surface area contributed by atoms with Gasteiger partial charge in [0.1, 0.15) is 0 Å². The molecule has 106 valence electrons. The van der Waals surface area contributed by atoms with Crippen molar-refractivity contribution in [2.24, 2.45) is 0 Å². The minimum absolute atomic E-state index is 0.132. The summed E-state index contributed by atoms with van der Waals surface area (Å²) in [6.45, 7) is 1.95. The Morgan fingerprint density at radius 3 is 2.62 bits per heavy atom. The number of hydrogen-bond acceptors (Lipinski definition) is 2. The molecular formula is C17H14ClNO2. The van der Waals surface area contributed by atoms with Gasteiger partial charge in [-0.3, -0.25) is 4.79 Å². The van der Waals surface area contributed by atoms with Crippen LogP contribution in [0.25, 0.3) is 10.8 Å². The van der Waals surface area contributed by atoms with Gasteiger partial charge in [-0.05, 0) is 47.0 Å².